The van der Waals surface area contributed by atoms with Crippen molar-refractivity contribution in [2.24, 2.45) is 0 Å². The quantitative estimate of drug-likeness (QED) is 0.779. The van der Waals surface area contributed by atoms with E-state index in [0.29, 0.717) is 25.2 Å². The number of rotatable bonds is 6. The number of nitrogens with zero attached hydrogens (tertiary/aromatic N) is 2. The van der Waals surface area contributed by atoms with Crippen LogP contribution in [0.3, 0.4) is 0 Å². The second-order valence-electron chi connectivity index (χ2n) is 3.75. The minimum Gasteiger partial charge on any atom is -0.316 e. The lowest BCUT2D eigenvalue weighted by Crippen LogP contribution is -2.31. The summed E-state index contributed by atoms with van der Waals surface area (Å²) < 4.78 is 26.0. The molecule has 0 aromatic carbocycles. The summed E-state index contributed by atoms with van der Waals surface area (Å²) in [6.45, 7) is 6.84. The van der Waals surface area contributed by atoms with E-state index in [4.69, 9.17) is 0 Å². The summed E-state index contributed by atoms with van der Waals surface area (Å²) in [5.74, 6) is 0. The minimum absolute atomic E-state index is 0.132. The van der Waals surface area contributed by atoms with Gasteiger partial charge in [-0.15, -0.1) is 0 Å². The fraction of sp³-hybridized carbons (Fsp3) is 0.700. The molecule has 0 radical (unpaired) electrons. The van der Waals surface area contributed by atoms with Gasteiger partial charge in [-0.1, -0.05) is 13.8 Å². The molecule has 1 aromatic heterocycles. The molecular weight excluding hydrogens is 240 g/mol. The Bertz CT molecular complexity index is 463. The maximum Gasteiger partial charge on any atom is 0.262 e. The van der Waals surface area contributed by atoms with Crippen molar-refractivity contribution in [1.82, 2.24) is 19.8 Å². The van der Waals surface area contributed by atoms with Crippen LogP contribution in [0, 0.1) is 6.92 Å². The van der Waals surface area contributed by atoms with Crippen LogP contribution in [0.4, 0.5) is 0 Å². The lowest BCUT2D eigenvalue weighted by molar-refractivity contribution is 0.441. The number of sulfonamides is 1. The molecule has 0 aliphatic rings. The Morgan fingerprint density at radius 3 is 2.41 bits per heavy atom. The van der Waals surface area contributed by atoms with Crippen molar-refractivity contribution in [3.8, 4) is 0 Å². The van der Waals surface area contributed by atoms with Gasteiger partial charge in [0.05, 0.1) is 0 Å². The maximum absolute atomic E-state index is 12.3. The van der Waals surface area contributed by atoms with E-state index in [1.807, 2.05) is 20.8 Å². The van der Waals surface area contributed by atoms with Gasteiger partial charge in [-0.25, -0.2) is 8.42 Å². The van der Waals surface area contributed by atoms with Crippen LogP contribution in [0.2, 0.25) is 0 Å². The van der Waals surface area contributed by atoms with Gasteiger partial charge in [-0.05, 0) is 14.0 Å². The summed E-state index contributed by atoms with van der Waals surface area (Å²) >= 11 is 0. The first kappa shape index (κ1) is 14.1. The Kier molecular flexibility index (Phi) is 4.67. The molecule has 0 saturated heterocycles. The predicted molar refractivity (Wildman–Crippen MR) is 66.2 cm³/mol. The number of aromatic amines is 1. The van der Waals surface area contributed by atoms with Crippen molar-refractivity contribution in [1.29, 1.82) is 0 Å². The zero-order chi connectivity index (χ0) is 13.1. The molecule has 0 unspecified atom stereocenters. The standard InChI is InChI=1S/C10H20N4O2S/c1-5-14(6-2)17(15,16)10-9(7-11-4)8(3)12-13-10/h11H,5-7H2,1-4H3,(H,12,13). The summed E-state index contributed by atoms with van der Waals surface area (Å²) in [7, 11) is -1.70. The van der Waals surface area contributed by atoms with Crippen molar-refractivity contribution < 1.29 is 8.42 Å². The first-order valence-corrected chi connectivity index (χ1v) is 7.11. The average Bonchev–Trinajstić information content (AvgIpc) is 2.63. The highest BCUT2D eigenvalue weighted by molar-refractivity contribution is 7.89. The van der Waals surface area contributed by atoms with E-state index in [-0.39, 0.29) is 5.03 Å². The van der Waals surface area contributed by atoms with E-state index in [1.165, 1.54) is 4.31 Å². The van der Waals surface area contributed by atoms with Crippen molar-refractivity contribution in [3.63, 3.8) is 0 Å². The number of aromatic nitrogens is 2. The summed E-state index contributed by atoms with van der Waals surface area (Å²) in [6.07, 6.45) is 0. The third kappa shape index (κ3) is 2.67. The number of hydrogen-bond acceptors (Lipinski definition) is 4. The molecule has 6 nitrogen and oxygen atoms in total. The number of H-pyrrole nitrogens is 1. The molecule has 1 heterocycles. The van der Waals surface area contributed by atoms with Gasteiger partial charge in [0.25, 0.3) is 10.0 Å². The van der Waals surface area contributed by atoms with Crippen LogP contribution in [0.15, 0.2) is 5.03 Å². The van der Waals surface area contributed by atoms with E-state index in [9.17, 15) is 8.42 Å². The third-order valence-corrected chi connectivity index (χ3v) is 4.70. The summed E-state index contributed by atoms with van der Waals surface area (Å²) in [6, 6.07) is 0. The predicted octanol–water partition coefficient (Wildman–Crippen LogP) is 0.468. The first-order chi connectivity index (χ1) is 7.98. The van der Waals surface area contributed by atoms with E-state index >= 15 is 0 Å². The molecule has 0 fully saturated rings. The molecule has 0 bridgehead atoms. The van der Waals surface area contributed by atoms with Crippen molar-refractivity contribution >= 4 is 10.0 Å². The molecule has 1 rings (SSSR count). The molecule has 0 aliphatic carbocycles. The van der Waals surface area contributed by atoms with Crippen LogP contribution < -0.4 is 5.32 Å². The molecule has 98 valence electrons. The highest BCUT2D eigenvalue weighted by Gasteiger charge is 2.28. The molecule has 7 heteroatoms. The third-order valence-electron chi connectivity index (χ3n) is 2.68. The fourth-order valence-electron chi connectivity index (χ4n) is 1.71. The van der Waals surface area contributed by atoms with Crippen molar-refractivity contribution in [2.45, 2.75) is 32.3 Å². The Balaban J connectivity index is 3.23. The smallest absolute Gasteiger partial charge is 0.262 e. The normalized spacial score (nSPS) is 12.3. The van der Waals surface area contributed by atoms with Gasteiger partial charge in [0.15, 0.2) is 5.03 Å². The van der Waals surface area contributed by atoms with E-state index in [1.54, 1.807) is 7.05 Å². The number of aryl methyl sites for hydroxylation is 1. The monoisotopic (exact) mass is 260 g/mol. The second-order valence-corrected chi connectivity index (χ2v) is 5.61. The highest BCUT2D eigenvalue weighted by atomic mass is 32.2. The van der Waals surface area contributed by atoms with Gasteiger partial charge in [0, 0.05) is 30.9 Å². The zero-order valence-electron chi connectivity index (χ0n) is 10.7. The van der Waals surface area contributed by atoms with Gasteiger partial charge in [-0.3, -0.25) is 5.10 Å². The molecule has 1 aromatic rings. The summed E-state index contributed by atoms with van der Waals surface area (Å²) in [4.78, 5) is 0. The van der Waals surface area contributed by atoms with E-state index < -0.39 is 10.0 Å². The molecule has 0 aliphatic heterocycles. The largest absolute Gasteiger partial charge is 0.316 e. The van der Waals surface area contributed by atoms with Crippen molar-refractivity contribution in [3.05, 3.63) is 11.3 Å². The van der Waals surface area contributed by atoms with Gasteiger partial charge < -0.3 is 5.32 Å². The lowest BCUT2D eigenvalue weighted by Gasteiger charge is -2.17. The van der Waals surface area contributed by atoms with Gasteiger partial charge in [-0.2, -0.15) is 9.40 Å². The van der Waals surface area contributed by atoms with Crippen LogP contribution in [-0.2, 0) is 16.6 Å². The molecule has 0 saturated carbocycles. The summed E-state index contributed by atoms with van der Waals surface area (Å²) in [5, 5.41) is 9.75. The zero-order valence-corrected chi connectivity index (χ0v) is 11.6. The minimum atomic E-state index is -3.48. The number of nitrogens with one attached hydrogen (secondary N) is 2. The van der Waals surface area contributed by atoms with Crippen LogP contribution in [0.5, 0.6) is 0 Å². The lowest BCUT2D eigenvalue weighted by atomic mass is 10.3. The van der Waals surface area contributed by atoms with E-state index in [2.05, 4.69) is 15.5 Å². The first-order valence-electron chi connectivity index (χ1n) is 5.67. The number of hydrogen-bond donors (Lipinski definition) is 2. The van der Waals surface area contributed by atoms with Gasteiger partial charge >= 0.3 is 0 Å². The molecular formula is C10H20N4O2S. The molecule has 0 spiro atoms. The molecule has 0 atom stereocenters. The average molecular weight is 260 g/mol. The SMILES string of the molecule is CCN(CC)S(=O)(=O)c1n[nH]c(C)c1CNC. The van der Waals surface area contributed by atoms with Crippen LogP contribution >= 0.6 is 0 Å². The Morgan fingerprint density at radius 2 is 1.94 bits per heavy atom. The molecule has 0 amide bonds. The van der Waals surface area contributed by atoms with Gasteiger partial charge in [0.2, 0.25) is 0 Å². The second kappa shape index (κ2) is 5.61. The van der Waals surface area contributed by atoms with E-state index in [0.717, 1.165) is 5.69 Å². The molecule has 2 N–H and O–H groups in total. The highest BCUT2D eigenvalue weighted by Crippen LogP contribution is 2.19. The summed E-state index contributed by atoms with van der Waals surface area (Å²) in [5.41, 5.74) is 1.49. The van der Waals surface area contributed by atoms with Crippen LogP contribution in [0.25, 0.3) is 0 Å². The van der Waals surface area contributed by atoms with Gasteiger partial charge in [0.1, 0.15) is 0 Å². The Morgan fingerprint density at radius 1 is 1.35 bits per heavy atom. The maximum atomic E-state index is 12.3. The Hall–Kier alpha value is -0.920. The molecule has 17 heavy (non-hydrogen) atoms. The fourth-order valence-corrected chi connectivity index (χ4v) is 3.34. The topological polar surface area (TPSA) is 78.1 Å². The Labute approximate surface area is 102 Å². The van der Waals surface area contributed by atoms with Crippen molar-refractivity contribution in [2.75, 3.05) is 20.1 Å². The van der Waals surface area contributed by atoms with Crippen LogP contribution in [0.1, 0.15) is 25.1 Å². The van der Waals surface area contributed by atoms with Crippen LogP contribution in [-0.4, -0.2) is 43.1 Å².